The maximum atomic E-state index is 8.66. The van der Waals surface area contributed by atoms with Gasteiger partial charge in [0.25, 0.3) is 0 Å². The Morgan fingerprint density at radius 1 is 0.920 bits per heavy atom. The van der Waals surface area contributed by atoms with Crippen LogP contribution < -0.4 is 0 Å². The zero-order valence-corrected chi connectivity index (χ0v) is 15.7. The van der Waals surface area contributed by atoms with Crippen molar-refractivity contribution < 1.29 is 0 Å². The molecular formula is C19H21ClN4S. The quantitative estimate of drug-likeness (QED) is 0.485. The molecule has 6 heteroatoms. The van der Waals surface area contributed by atoms with Gasteiger partial charge in [0.1, 0.15) is 5.84 Å². The number of hydrogen-bond donors (Lipinski definition) is 2. The summed E-state index contributed by atoms with van der Waals surface area (Å²) in [5.41, 5.74) is 2.80. The maximum absolute atomic E-state index is 8.66. The van der Waals surface area contributed by atoms with Gasteiger partial charge in [0.2, 0.25) is 0 Å². The van der Waals surface area contributed by atoms with Gasteiger partial charge in [-0.05, 0) is 18.4 Å². The van der Waals surface area contributed by atoms with Gasteiger partial charge in [-0.15, -0.1) is 0 Å². The molecule has 1 aliphatic rings. The second-order valence-corrected chi connectivity index (χ2v) is 7.19. The topological polar surface area (TPSA) is 54.2 Å². The predicted molar refractivity (Wildman–Crippen MR) is 107 cm³/mol. The van der Waals surface area contributed by atoms with Gasteiger partial charge in [-0.2, -0.15) is 0 Å². The van der Waals surface area contributed by atoms with Gasteiger partial charge in [0.05, 0.1) is 5.71 Å². The first-order valence-electron chi connectivity index (χ1n) is 8.17. The highest BCUT2D eigenvalue weighted by Gasteiger charge is 2.22. The lowest BCUT2D eigenvalue weighted by atomic mass is 9.96. The summed E-state index contributed by atoms with van der Waals surface area (Å²) in [6.45, 7) is 3.56. The van der Waals surface area contributed by atoms with Gasteiger partial charge >= 0.3 is 0 Å². The molecular weight excluding hydrogens is 352 g/mol. The van der Waals surface area contributed by atoms with E-state index in [9.17, 15) is 0 Å². The molecule has 1 aliphatic heterocycles. The number of halogens is 1. The average Bonchev–Trinajstić information content (AvgIpc) is 2.67. The highest BCUT2D eigenvalue weighted by atomic mass is 35.5. The van der Waals surface area contributed by atoms with E-state index in [2.05, 4.69) is 15.5 Å². The predicted octanol–water partition coefficient (Wildman–Crippen LogP) is 3.98. The van der Waals surface area contributed by atoms with Crippen LogP contribution in [0.5, 0.6) is 0 Å². The highest BCUT2D eigenvalue weighted by Crippen LogP contribution is 2.20. The zero-order valence-electron chi connectivity index (χ0n) is 14.1. The van der Waals surface area contributed by atoms with Crippen LogP contribution in [-0.2, 0) is 0 Å². The standard InChI is InChI=1S/C19H21ClN4S/c1-25-24-12-10-23(11-13-24)19(22)17-5-3-2-4-16(17)18(21)14-6-8-15(20)9-7-14/h2-9,21-22H,10-13H2,1H3. The Labute approximate surface area is 157 Å². The molecule has 25 heavy (non-hydrogen) atoms. The lowest BCUT2D eigenvalue weighted by Gasteiger charge is -2.35. The number of hydrogen-bond acceptors (Lipinski definition) is 4. The molecule has 1 heterocycles. The number of piperazine rings is 1. The lowest BCUT2D eigenvalue weighted by Crippen LogP contribution is -2.46. The Bertz CT molecular complexity index is 767. The SMILES string of the molecule is CSN1CCN(C(=N)c2ccccc2C(=N)c2ccc(Cl)cc2)CC1. The van der Waals surface area contributed by atoms with Crippen LogP contribution in [0, 0.1) is 10.8 Å². The van der Waals surface area contributed by atoms with Crippen LogP contribution in [0.2, 0.25) is 5.02 Å². The molecule has 0 atom stereocenters. The Balaban J connectivity index is 1.84. The number of rotatable bonds is 4. The van der Waals surface area contributed by atoms with Gasteiger partial charge in [-0.3, -0.25) is 10.8 Å². The molecule has 0 amide bonds. The molecule has 2 N–H and O–H groups in total. The molecule has 0 bridgehead atoms. The fourth-order valence-electron chi connectivity index (χ4n) is 2.94. The normalized spacial score (nSPS) is 15.2. The van der Waals surface area contributed by atoms with Crippen molar-refractivity contribution in [3.8, 4) is 0 Å². The first-order chi connectivity index (χ1) is 12.1. The number of nitrogens with zero attached hydrogens (tertiary/aromatic N) is 2. The van der Waals surface area contributed by atoms with E-state index in [1.54, 1.807) is 24.1 Å². The van der Waals surface area contributed by atoms with Crippen molar-refractivity contribution in [3.05, 3.63) is 70.2 Å². The lowest BCUT2D eigenvalue weighted by molar-refractivity contribution is 0.282. The van der Waals surface area contributed by atoms with E-state index in [4.69, 9.17) is 22.4 Å². The van der Waals surface area contributed by atoms with Crippen LogP contribution in [0.25, 0.3) is 0 Å². The summed E-state index contributed by atoms with van der Waals surface area (Å²) in [4.78, 5) is 2.10. The Hall–Kier alpha value is -1.82. The van der Waals surface area contributed by atoms with Crippen molar-refractivity contribution in [2.24, 2.45) is 0 Å². The molecule has 1 fully saturated rings. The molecule has 2 aromatic rings. The minimum atomic E-state index is 0.416. The Morgan fingerprint density at radius 2 is 1.52 bits per heavy atom. The van der Waals surface area contributed by atoms with Gasteiger partial charge in [-0.1, -0.05) is 59.9 Å². The van der Waals surface area contributed by atoms with E-state index in [0.29, 0.717) is 16.6 Å². The van der Waals surface area contributed by atoms with E-state index in [1.807, 2.05) is 36.4 Å². The molecule has 1 saturated heterocycles. The highest BCUT2D eigenvalue weighted by molar-refractivity contribution is 7.96. The molecule has 0 aliphatic carbocycles. The fourth-order valence-corrected chi connectivity index (χ4v) is 3.60. The summed E-state index contributed by atoms with van der Waals surface area (Å²) in [7, 11) is 0. The zero-order chi connectivity index (χ0) is 17.8. The third-order valence-corrected chi connectivity index (χ3v) is 5.53. The molecule has 4 nitrogen and oxygen atoms in total. The first kappa shape index (κ1) is 18.0. The van der Waals surface area contributed by atoms with Crippen molar-refractivity contribution in [3.63, 3.8) is 0 Å². The molecule has 130 valence electrons. The second-order valence-electron chi connectivity index (χ2n) is 5.87. The van der Waals surface area contributed by atoms with Crippen molar-refractivity contribution in [1.82, 2.24) is 9.21 Å². The van der Waals surface area contributed by atoms with Crippen LogP contribution in [0.1, 0.15) is 16.7 Å². The van der Waals surface area contributed by atoms with Gasteiger partial charge in [0.15, 0.2) is 0 Å². The van der Waals surface area contributed by atoms with Crippen LogP contribution in [0.15, 0.2) is 48.5 Å². The summed E-state index contributed by atoms with van der Waals surface area (Å²) in [5.74, 6) is 0.495. The molecule has 3 rings (SSSR count). The molecule has 2 aromatic carbocycles. The molecule has 0 radical (unpaired) electrons. The molecule has 0 aromatic heterocycles. The third kappa shape index (κ3) is 4.06. The molecule has 0 spiro atoms. The van der Waals surface area contributed by atoms with Crippen LogP contribution in [0.3, 0.4) is 0 Å². The van der Waals surface area contributed by atoms with Crippen molar-refractivity contribution in [1.29, 1.82) is 10.8 Å². The van der Waals surface area contributed by atoms with E-state index < -0.39 is 0 Å². The maximum Gasteiger partial charge on any atom is 0.128 e. The summed E-state index contributed by atoms with van der Waals surface area (Å²) in [6, 6.07) is 15.0. The second kappa shape index (κ2) is 8.04. The summed E-state index contributed by atoms with van der Waals surface area (Å²) < 4.78 is 2.31. The third-order valence-electron chi connectivity index (χ3n) is 4.40. The number of nitrogens with one attached hydrogen (secondary N) is 2. The van der Waals surface area contributed by atoms with E-state index in [-0.39, 0.29) is 0 Å². The van der Waals surface area contributed by atoms with Crippen LogP contribution in [0.4, 0.5) is 0 Å². The minimum absolute atomic E-state index is 0.416. The number of benzene rings is 2. The van der Waals surface area contributed by atoms with E-state index >= 15 is 0 Å². The molecule has 0 unspecified atom stereocenters. The largest absolute Gasteiger partial charge is 0.354 e. The fraction of sp³-hybridized carbons (Fsp3) is 0.263. The first-order valence-corrected chi connectivity index (χ1v) is 9.73. The van der Waals surface area contributed by atoms with Gasteiger partial charge < -0.3 is 4.90 Å². The van der Waals surface area contributed by atoms with Gasteiger partial charge in [-0.25, -0.2) is 4.31 Å². The van der Waals surface area contributed by atoms with Crippen molar-refractivity contribution in [2.75, 3.05) is 32.4 Å². The summed E-state index contributed by atoms with van der Waals surface area (Å²) in [5, 5.41) is 17.9. The number of amidine groups is 1. The van der Waals surface area contributed by atoms with E-state index in [1.165, 1.54) is 0 Å². The van der Waals surface area contributed by atoms with Crippen molar-refractivity contribution in [2.45, 2.75) is 0 Å². The smallest absolute Gasteiger partial charge is 0.128 e. The van der Waals surface area contributed by atoms with Crippen molar-refractivity contribution >= 4 is 35.1 Å². The monoisotopic (exact) mass is 372 g/mol. The summed E-state index contributed by atoms with van der Waals surface area (Å²) >= 11 is 7.71. The Kier molecular flexibility index (Phi) is 5.78. The van der Waals surface area contributed by atoms with Gasteiger partial charge in [0, 0.05) is 47.9 Å². The van der Waals surface area contributed by atoms with Crippen LogP contribution >= 0.6 is 23.5 Å². The minimum Gasteiger partial charge on any atom is -0.354 e. The molecule has 0 saturated carbocycles. The van der Waals surface area contributed by atoms with E-state index in [0.717, 1.165) is 42.9 Å². The van der Waals surface area contributed by atoms with Crippen LogP contribution in [-0.4, -0.2) is 53.2 Å². The Morgan fingerprint density at radius 3 is 2.12 bits per heavy atom. The summed E-state index contributed by atoms with van der Waals surface area (Å²) in [6.07, 6.45) is 2.09. The average molecular weight is 373 g/mol.